The number of esters is 1. The molecule has 0 unspecified atom stereocenters. The van der Waals surface area contributed by atoms with Gasteiger partial charge < -0.3 is 10.1 Å². The minimum atomic E-state index is -0.992. The second-order valence-corrected chi connectivity index (χ2v) is 6.03. The molecule has 0 aliphatic heterocycles. The van der Waals surface area contributed by atoms with Gasteiger partial charge in [-0.05, 0) is 42.8 Å². The summed E-state index contributed by atoms with van der Waals surface area (Å²) in [6, 6.07) is 16.0. The summed E-state index contributed by atoms with van der Waals surface area (Å²) in [5, 5.41) is 11.6. The van der Waals surface area contributed by atoms with E-state index in [0.717, 1.165) is 10.0 Å². The number of nitriles is 1. The number of carbonyl (C=O) groups excluding carboxylic acids is 2. The quantitative estimate of drug-likeness (QED) is 0.611. The Bertz CT molecular complexity index is 838. The maximum atomic E-state index is 12.1. The molecule has 0 aliphatic rings. The SMILES string of the molecule is C[C@@H](OC(=O)/C=C/c1ccc(Br)cc1)C(=O)Nc1ccccc1C#N. The number of nitrogens with one attached hydrogen (secondary N) is 1. The zero-order chi connectivity index (χ0) is 18.2. The molecule has 0 aromatic heterocycles. The van der Waals surface area contributed by atoms with Crippen LogP contribution >= 0.6 is 15.9 Å². The number of anilines is 1. The summed E-state index contributed by atoms with van der Waals surface area (Å²) >= 11 is 3.33. The highest BCUT2D eigenvalue weighted by molar-refractivity contribution is 9.10. The normalized spacial score (nSPS) is 11.6. The molecule has 2 aromatic carbocycles. The first kappa shape index (κ1) is 18.4. The van der Waals surface area contributed by atoms with Crippen molar-refractivity contribution in [3.8, 4) is 6.07 Å². The summed E-state index contributed by atoms with van der Waals surface area (Å²) in [4.78, 5) is 23.9. The molecule has 2 rings (SSSR count). The van der Waals surface area contributed by atoms with E-state index in [1.807, 2.05) is 30.3 Å². The van der Waals surface area contributed by atoms with Gasteiger partial charge in [-0.1, -0.05) is 40.2 Å². The van der Waals surface area contributed by atoms with Crippen LogP contribution in [0.1, 0.15) is 18.1 Å². The van der Waals surface area contributed by atoms with Crippen LogP contribution < -0.4 is 5.32 Å². The molecule has 0 saturated heterocycles. The van der Waals surface area contributed by atoms with Crippen LogP contribution in [0.5, 0.6) is 0 Å². The van der Waals surface area contributed by atoms with Crippen LogP contribution in [0.4, 0.5) is 5.69 Å². The van der Waals surface area contributed by atoms with Gasteiger partial charge in [-0.25, -0.2) is 4.79 Å². The molecule has 126 valence electrons. The van der Waals surface area contributed by atoms with E-state index in [4.69, 9.17) is 10.00 Å². The lowest BCUT2D eigenvalue weighted by atomic mass is 10.2. The molecule has 0 radical (unpaired) electrons. The Hall–Kier alpha value is -2.91. The van der Waals surface area contributed by atoms with Gasteiger partial charge >= 0.3 is 5.97 Å². The van der Waals surface area contributed by atoms with Crippen LogP contribution in [0.2, 0.25) is 0 Å². The Morgan fingerprint density at radius 3 is 2.56 bits per heavy atom. The molecule has 6 heteroatoms. The molecule has 1 atom stereocenters. The van der Waals surface area contributed by atoms with Crippen molar-refractivity contribution < 1.29 is 14.3 Å². The summed E-state index contributed by atoms with van der Waals surface area (Å²) < 4.78 is 6.01. The van der Waals surface area contributed by atoms with Crippen LogP contribution in [-0.4, -0.2) is 18.0 Å². The van der Waals surface area contributed by atoms with Gasteiger partial charge in [0.2, 0.25) is 0 Å². The van der Waals surface area contributed by atoms with E-state index in [2.05, 4.69) is 21.2 Å². The number of carbonyl (C=O) groups is 2. The lowest BCUT2D eigenvalue weighted by Crippen LogP contribution is -2.29. The minimum absolute atomic E-state index is 0.338. The van der Waals surface area contributed by atoms with E-state index in [1.165, 1.54) is 13.0 Å². The van der Waals surface area contributed by atoms with E-state index in [9.17, 15) is 9.59 Å². The molecule has 0 fully saturated rings. The number of hydrogen-bond acceptors (Lipinski definition) is 4. The first-order chi connectivity index (χ1) is 12.0. The molecule has 1 amide bonds. The third-order valence-electron chi connectivity index (χ3n) is 3.25. The van der Waals surface area contributed by atoms with Crippen molar-refractivity contribution in [2.45, 2.75) is 13.0 Å². The number of amides is 1. The van der Waals surface area contributed by atoms with Gasteiger partial charge in [-0.3, -0.25) is 4.79 Å². The zero-order valence-electron chi connectivity index (χ0n) is 13.4. The van der Waals surface area contributed by atoms with E-state index in [1.54, 1.807) is 30.3 Å². The molecule has 0 aliphatic carbocycles. The van der Waals surface area contributed by atoms with E-state index in [0.29, 0.717) is 11.3 Å². The van der Waals surface area contributed by atoms with Crippen LogP contribution in [0.25, 0.3) is 6.08 Å². The number of rotatable bonds is 5. The lowest BCUT2D eigenvalue weighted by Gasteiger charge is -2.13. The third kappa shape index (κ3) is 5.59. The Balaban J connectivity index is 1.93. The lowest BCUT2D eigenvalue weighted by molar-refractivity contribution is -0.148. The first-order valence-corrected chi connectivity index (χ1v) is 8.23. The summed E-state index contributed by atoms with van der Waals surface area (Å²) in [6.07, 6.45) is 1.87. The van der Waals surface area contributed by atoms with Crippen molar-refractivity contribution in [3.63, 3.8) is 0 Å². The second kappa shape index (κ2) is 8.81. The summed E-state index contributed by atoms with van der Waals surface area (Å²) in [7, 11) is 0. The highest BCUT2D eigenvalue weighted by Crippen LogP contribution is 2.14. The fourth-order valence-electron chi connectivity index (χ4n) is 1.93. The van der Waals surface area contributed by atoms with Gasteiger partial charge in [0.25, 0.3) is 5.91 Å². The molecule has 2 aromatic rings. The fourth-order valence-corrected chi connectivity index (χ4v) is 2.19. The van der Waals surface area contributed by atoms with Crippen LogP contribution in [0, 0.1) is 11.3 Å². The maximum Gasteiger partial charge on any atom is 0.331 e. The average Bonchev–Trinajstić information content (AvgIpc) is 2.61. The predicted molar refractivity (Wildman–Crippen MR) is 98.5 cm³/mol. The van der Waals surface area contributed by atoms with E-state index in [-0.39, 0.29) is 0 Å². The Morgan fingerprint density at radius 2 is 1.88 bits per heavy atom. The van der Waals surface area contributed by atoms with Crippen LogP contribution in [-0.2, 0) is 14.3 Å². The van der Waals surface area contributed by atoms with Crippen molar-refractivity contribution in [1.82, 2.24) is 0 Å². The van der Waals surface area contributed by atoms with Gasteiger partial charge in [0, 0.05) is 10.5 Å². The molecule has 0 spiro atoms. The van der Waals surface area contributed by atoms with Crippen molar-refractivity contribution in [2.24, 2.45) is 0 Å². The van der Waals surface area contributed by atoms with Crippen LogP contribution in [0.15, 0.2) is 59.1 Å². The smallest absolute Gasteiger partial charge is 0.331 e. The Kier molecular flexibility index (Phi) is 6.49. The standard InChI is InChI=1S/C19H15BrN2O3/c1-13(19(24)22-17-5-3-2-4-15(17)12-21)25-18(23)11-8-14-6-9-16(20)10-7-14/h2-11,13H,1H3,(H,22,24)/b11-8+/t13-/m1/s1. The van der Waals surface area contributed by atoms with Crippen molar-refractivity contribution in [3.05, 3.63) is 70.2 Å². The van der Waals surface area contributed by atoms with Crippen LogP contribution in [0.3, 0.4) is 0 Å². The van der Waals surface area contributed by atoms with E-state index < -0.39 is 18.0 Å². The first-order valence-electron chi connectivity index (χ1n) is 7.44. The average molecular weight is 399 g/mol. The van der Waals surface area contributed by atoms with E-state index >= 15 is 0 Å². The number of benzene rings is 2. The molecule has 0 saturated carbocycles. The predicted octanol–water partition coefficient (Wildman–Crippen LogP) is 3.90. The molecule has 0 bridgehead atoms. The number of halogens is 1. The van der Waals surface area contributed by atoms with Crippen molar-refractivity contribution in [2.75, 3.05) is 5.32 Å². The van der Waals surface area contributed by atoms with Gasteiger partial charge in [-0.15, -0.1) is 0 Å². The fraction of sp³-hybridized carbons (Fsp3) is 0.105. The number of ether oxygens (including phenoxy) is 1. The largest absolute Gasteiger partial charge is 0.449 e. The van der Waals surface area contributed by atoms with Gasteiger partial charge in [0.05, 0.1) is 11.3 Å². The maximum absolute atomic E-state index is 12.1. The molecule has 0 heterocycles. The van der Waals surface area contributed by atoms with Gasteiger partial charge in [-0.2, -0.15) is 5.26 Å². The van der Waals surface area contributed by atoms with Crippen molar-refractivity contribution >= 4 is 39.6 Å². The third-order valence-corrected chi connectivity index (χ3v) is 3.78. The summed E-state index contributed by atoms with van der Waals surface area (Å²) in [5.74, 6) is -1.13. The van der Waals surface area contributed by atoms with Gasteiger partial charge in [0.15, 0.2) is 6.10 Å². The number of nitrogens with zero attached hydrogens (tertiary/aromatic N) is 1. The Morgan fingerprint density at radius 1 is 1.20 bits per heavy atom. The number of hydrogen-bond donors (Lipinski definition) is 1. The van der Waals surface area contributed by atoms with Crippen molar-refractivity contribution in [1.29, 1.82) is 5.26 Å². The summed E-state index contributed by atoms with van der Waals surface area (Å²) in [6.45, 7) is 1.47. The molecular weight excluding hydrogens is 384 g/mol. The topological polar surface area (TPSA) is 79.2 Å². The molecular formula is C19H15BrN2O3. The Labute approximate surface area is 154 Å². The number of para-hydroxylation sites is 1. The summed E-state index contributed by atoms with van der Waals surface area (Å²) in [5.41, 5.74) is 1.55. The molecule has 5 nitrogen and oxygen atoms in total. The highest BCUT2D eigenvalue weighted by Gasteiger charge is 2.17. The van der Waals surface area contributed by atoms with Gasteiger partial charge in [0.1, 0.15) is 6.07 Å². The second-order valence-electron chi connectivity index (χ2n) is 5.11. The molecule has 25 heavy (non-hydrogen) atoms. The molecule has 1 N–H and O–H groups in total. The monoisotopic (exact) mass is 398 g/mol. The highest BCUT2D eigenvalue weighted by atomic mass is 79.9. The zero-order valence-corrected chi connectivity index (χ0v) is 15.0. The minimum Gasteiger partial charge on any atom is -0.449 e.